The normalized spacial score (nSPS) is 27.8. The van der Waals surface area contributed by atoms with Crippen LogP contribution in [0.1, 0.15) is 39.7 Å². The first-order valence-electron chi connectivity index (χ1n) is 12.0. The van der Waals surface area contributed by atoms with Gasteiger partial charge in [-0.15, -0.1) is 0 Å². The summed E-state index contributed by atoms with van der Waals surface area (Å²) in [5, 5.41) is 13.6. The van der Waals surface area contributed by atoms with Gasteiger partial charge in [-0.3, -0.25) is 14.4 Å². The Kier molecular flexibility index (Phi) is 8.42. The number of likely N-dealkylation sites (tertiary alicyclic amines) is 1. The van der Waals surface area contributed by atoms with Gasteiger partial charge in [0.2, 0.25) is 11.8 Å². The number of hydrogen-bond donors (Lipinski definition) is 2. The average molecular weight is 491 g/mol. The fourth-order valence-electron chi connectivity index (χ4n) is 5.30. The predicted molar refractivity (Wildman–Crippen MR) is 131 cm³/mol. The Hall–Kier alpha value is -2.38. The van der Waals surface area contributed by atoms with Crippen molar-refractivity contribution in [2.24, 2.45) is 29.6 Å². The summed E-state index contributed by atoms with van der Waals surface area (Å²) in [6, 6.07) is 3.89. The van der Waals surface area contributed by atoms with E-state index in [0.717, 1.165) is 12.0 Å². The number of ether oxygens (including phenoxy) is 1. The quantitative estimate of drug-likeness (QED) is 0.426. The molecule has 0 aromatic heterocycles. The number of para-hydroxylation sites is 1. The summed E-state index contributed by atoms with van der Waals surface area (Å²) in [6.45, 7) is 9.31. The second kappa shape index (κ2) is 10.9. The van der Waals surface area contributed by atoms with Crippen molar-refractivity contribution in [3.63, 3.8) is 0 Å². The van der Waals surface area contributed by atoms with Crippen LogP contribution >= 0.6 is 11.6 Å². The van der Waals surface area contributed by atoms with Gasteiger partial charge in [0.1, 0.15) is 6.04 Å². The number of nitrogens with one attached hydrogen (secondary N) is 1. The zero-order valence-electron chi connectivity index (χ0n) is 20.5. The van der Waals surface area contributed by atoms with Crippen LogP contribution < -0.4 is 5.32 Å². The lowest BCUT2D eigenvalue weighted by Crippen LogP contribution is -2.52. The molecule has 8 heteroatoms. The lowest BCUT2D eigenvalue weighted by Gasteiger charge is -2.36. The SMILES string of the molecule is CCOC(=O)[C@H]1[C@H]2C(=O)N([C@@H](CO)[C@@H](C)CC)[C@H](C(=O)Nc3c(C)cccc3Cl)[C@H]2C=C[C@H]1C. The van der Waals surface area contributed by atoms with E-state index in [9.17, 15) is 19.5 Å². The summed E-state index contributed by atoms with van der Waals surface area (Å²) >= 11 is 6.35. The summed E-state index contributed by atoms with van der Waals surface area (Å²) in [5.41, 5.74) is 1.29. The molecule has 34 heavy (non-hydrogen) atoms. The molecule has 7 nitrogen and oxygen atoms in total. The molecule has 2 amide bonds. The molecule has 0 spiro atoms. The topological polar surface area (TPSA) is 95.9 Å². The second-order valence-corrected chi connectivity index (χ2v) is 9.78. The molecular formula is C26H35ClN2O5. The molecule has 0 saturated carbocycles. The van der Waals surface area contributed by atoms with Gasteiger partial charge in [0, 0.05) is 5.92 Å². The van der Waals surface area contributed by atoms with Gasteiger partial charge >= 0.3 is 5.97 Å². The number of rotatable bonds is 8. The van der Waals surface area contributed by atoms with Crippen molar-refractivity contribution in [1.82, 2.24) is 4.90 Å². The van der Waals surface area contributed by atoms with Gasteiger partial charge in [-0.05, 0) is 37.3 Å². The van der Waals surface area contributed by atoms with Gasteiger partial charge in [0.25, 0.3) is 0 Å². The fourth-order valence-corrected chi connectivity index (χ4v) is 5.57. The van der Waals surface area contributed by atoms with Crippen molar-refractivity contribution in [2.75, 3.05) is 18.5 Å². The molecule has 1 aliphatic carbocycles. The van der Waals surface area contributed by atoms with Crippen LogP contribution in [-0.4, -0.2) is 53.1 Å². The highest BCUT2D eigenvalue weighted by Gasteiger charge is 2.58. The maximum atomic E-state index is 13.9. The number of carbonyl (C=O) groups is 3. The highest BCUT2D eigenvalue weighted by Crippen LogP contribution is 2.46. The lowest BCUT2D eigenvalue weighted by atomic mass is 9.70. The van der Waals surface area contributed by atoms with Crippen LogP contribution in [0.2, 0.25) is 5.02 Å². The first-order valence-corrected chi connectivity index (χ1v) is 12.4. The van der Waals surface area contributed by atoms with E-state index in [1.807, 2.05) is 45.9 Å². The molecule has 0 unspecified atom stereocenters. The number of nitrogens with zero attached hydrogens (tertiary/aromatic N) is 1. The van der Waals surface area contributed by atoms with Crippen LogP contribution in [0.4, 0.5) is 5.69 Å². The Morgan fingerprint density at radius 1 is 1.26 bits per heavy atom. The van der Waals surface area contributed by atoms with Gasteiger partial charge < -0.3 is 20.1 Å². The number of fused-ring (bicyclic) bond motifs is 1. The molecular weight excluding hydrogens is 456 g/mol. The molecule has 1 fully saturated rings. The van der Waals surface area contributed by atoms with Crippen molar-refractivity contribution in [1.29, 1.82) is 0 Å². The Balaban J connectivity index is 2.08. The van der Waals surface area contributed by atoms with Crippen molar-refractivity contribution in [2.45, 2.75) is 53.1 Å². The first-order chi connectivity index (χ1) is 16.2. The summed E-state index contributed by atoms with van der Waals surface area (Å²) in [6.07, 6.45) is 4.48. The maximum Gasteiger partial charge on any atom is 0.310 e. The molecule has 1 aromatic rings. The van der Waals surface area contributed by atoms with Crippen molar-refractivity contribution >= 4 is 35.1 Å². The largest absolute Gasteiger partial charge is 0.466 e. The van der Waals surface area contributed by atoms with E-state index in [0.29, 0.717) is 10.7 Å². The van der Waals surface area contributed by atoms with E-state index < -0.39 is 35.8 Å². The summed E-state index contributed by atoms with van der Waals surface area (Å²) in [4.78, 5) is 42.1. The number of esters is 1. The summed E-state index contributed by atoms with van der Waals surface area (Å²) in [7, 11) is 0. The van der Waals surface area contributed by atoms with Crippen LogP contribution in [0.25, 0.3) is 0 Å². The molecule has 186 valence electrons. The van der Waals surface area contributed by atoms with E-state index in [4.69, 9.17) is 16.3 Å². The molecule has 1 saturated heterocycles. The van der Waals surface area contributed by atoms with Crippen LogP contribution in [0.3, 0.4) is 0 Å². The smallest absolute Gasteiger partial charge is 0.310 e. The third-order valence-corrected chi connectivity index (χ3v) is 7.67. The minimum Gasteiger partial charge on any atom is -0.466 e. The van der Waals surface area contributed by atoms with E-state index >= 15 is 0 Å². The fraction of sp³-hybridized carbons (Fsp3) is 0.577. The molecule has 3 rings (SSSR count). The van der Waals surface area contributed by atoms with E-state index in [1.165, 1.54) is 4.90 Å². The van der Waals surface area contributed by atoms with E-state index in [2.05, 4.69) is 5.32 Å². The third kappa shape index (κ3) is 4.73. The summed E-state index contributed by atoms with van der Waals surface area (Å²) in [5.74, 6) is -3.34. The van der Waals surface area contributed by atoms with Crippen LogP contribution in [0.5, 0.6) is 0 Å². The number of aliphatic hydroxyl groups excluding tert-OH is 1. The standard InChI is InChI=1S/C26H35ClN2O5/c1-6-14(3)19(13-30)29-23(24(31)28-22-16(5)9-8-10-18(22)27)17-12-11-15(4)20(21(17)25(29)32)26(33)34-7-2/h8-12,14-15,17,19-21,23,30H,6-7,13H2,1-5H3,(H,28,31)/t14-,15+,17-,19-,20+,21-,23-/m0/s1. The number of carbonyl (C=O) groups excluding carboxylic acids is 3. The van der Waals surface area contributed by atoms with Crippen LogP contribution in [0, 0.1) is 36.5 Å². The highest BCUT2D eigenvalue weighted by atomic mass is 35.5. The molecule has 2 N–H and O–H groups in total. The maximum absolute atomic E-state index is 13.9. The monoisotopic (exact) mass is 490 g/mol. The van der Waals surface area contributed by atoms with Crippen molar-refractivity contribution in [3.05, 3.63) is 40.9 Å². The predicted octanol–water partition coefficient (Wildman–Crippen LogP) is 3.82. The molecule has 1 heterocycles. The molecule has 1 aromatic carbocycles. The van der Waals surface area contributed by atoms with Gasteiger partial charge in [-0.25, -0.2) is 0 Å². The molecule has 7 atom stereocenters. The highest BCUT2D eigenvalue weighted by molar-refractivity contribution is 6.34. The van der Waals surface area contributed by atoms with Crippen LogP contribution in [-0.2, 0) is 19.1 Å². The molecule has 2 aliphatic rings. The number of anilines is 1. The van der Waals surface area contributed by atoms with E-state index in [1.54, 1.807) is 19.1 Å². The number of aliphatic hydroxyl groups is 1. The number of allylic oxidation sites excluding steroid dienone is 1. The Morgan fingerprint density at radius 3 is 2.56 bits per heavy atom. The third-order valence-electron chi connectivity index (χ3n) is 7.35. The van der Waals surface area contributed by atoms with Crippen LogP contribution in [0.15, 0.2) is 30.4 Å². The zero-order chi connectivity index (χ0) is 25.2. The minimum atomic E-state index is -0.889. The number of halogens is 1. The minimum absolute atomic E-state index is 0.0473. The van der Waals surface area contributed by atoms with Gasteiger partial charge in [-0.2, -0.15) is 0 Å². The Labute approximate surface area is 206 Å². The molecule has 0 bridgehead atoms. The lowest BCUT2D eigenvalue weighted by molar-refractivity contribution is -0.156. The Morgan fingerprint density at radius 2 is 1.97 bits per heavy atom. The molecule has 1 aliphatic heterocycles. The van der Waals surface area contributed by atoms with Gasteiger partial charge in [0.15, 0.2) is 0 Å². The zero-order valence-corrected chi connectivity index (χ0v) is 21.2. The van der Waals surface area contributed by atoms with Gasteiger partial charge in [-0.1, -0.05) is 63.1 Å². The van der Waals surface area contributed by atoms with E-state index in [-0.39, 0.29) is 36.9 Å². The van der Waals surface area contributed by atoms with Crippen molar-refractivity contribution < 1.29 is 24.2 Å². The second-order valence-electron chi connectivity index (χ2n) is 9.37. The number of benzene rings is 1. The van der Waals surface area contributed by atoms with Crippen molar-refractivity contribution in [3.8, 4) is 0 Å². The first kappa shape index (κ1) is 26.2. The average Bonchev–Trinajstić information content (AvgIpc) is 3.09. The number of aryl methyl sites for hydroxylation is 1. The molecule has 0 radical (unpaired) electrons. The Bertz CT molecular complexity index is 944. The number of amides is 2. The summed E-state index contributed by atoms with van der Waals surface area (Å²) < 4.78 is 5.31. The van der Waals surface area contributed by atoms with Gasteiger partial charge in [0.05, 0.1) is 41.8 Å². The number of hydrogen-bond acceptors (Lipinski definition) is 5.